The van der Waals surface area contributed by atoms with Gasteiger partial charge in [0.1, 0.15) is 0 Å². The summed E-state index contributed by atoms with van der Waals surface area (Å²) in [4.78, 5) is 11.6. The minimum absolute atomic E-state index is 0.0862. The van der Waals surface area contributed by atoms with E-state index in [1.165, 1.54) is 5.56 Å². The summed E-state index contributed by atoms with van der Waals surface area (Å²) in [5, 5.41) is 3.30. The zero-order valence-corrected chi connectivity index (χ0v) is 11.9. The summed E-state index contributed by atoms with van der Waals surface area (Å²) in [5.74, 6) is 0.912. The zero-order chi connectivity index (χ0) is 13.4. The first kappa shape index (κ1) is 15.1. The van der Waals surface area contributed by atoms with Gasteiger partial charge in [0.25, 0.3) is 0 Å². The largest absolute Gasteiger partial charge is 0.355 e. The van der Waals surface area contributed by atoms with Crippen LogP contribution in [0.4, 0.5) is 0 Å². The number of benzene rings is 1. The summed E-state index contributed by atoms with van der Waals surface area (Å²) in [6.45, 7) is 5.44. The lowest BCUT2D eigenvalue weighted by atomic mass is 10.0. The molecule has 2 unspecified atom stereocenters. The van der Waals surface area contributed by atoms with Crippen molar-refractivity contribution in [1.82, 2.24) is 5.32 Å². The van der Waals surface area contributed by atoms with Gasteiger partial charge in [-0.15, -0.1) is 11.8 Å². The molecule has 1 rings (SSSR count). The highest BCUT2D eigenvalue weighted by molar-refractivity contribution is 8.00. The summed E-state index contributed by atoms with van der Waals surface area (Å²) in [6.07, 6.45) is 0. The standard InChI is InChI=1S/C14H22N2OS/c1-11(13-6-4-3-5-7-13)9-16-14(17)10-18-12(2)8-15/h3-7,11-12H,8-10,15H2,1-2H3,(H,16,17). The van der Waals surface area contributed by atoms with Crippen molar-refractivity contribution in [3.8, 4) is 0 Å². The van der Waals surface area contributed by atoms with Gasteiger partial charge in [0, 0.05) is 18.3 Å². The molecular formula is C14H22N2OS. The first-order valence-corrected chi connectivity index (χ1v) is 7.31. The third kappa shape index (κ3) is 5.56. The molecule has 0 spiro atoms. The predicted octanol–water partition coefficient (Wildman–Crippen LogP) is 1.99. The highest BCUT2D eigenvalue weighted by atomic mass is 32.2. The van der Waals surface area contributed by atoms with Crippen molar-refractivity contribution in [3.63, 3.8) is 0 Å². The molecule has 2 atom stereocenters. The third-order valence-corrected chi connectivity index (χ3v) is 4.00. The highest BCUT2D eigenvalue weighted by Crippen LogP contribution is 2.13. The van der Waals surface area contributed by atoms with Gasteiger partial charge in [-0.25, -0.2) is 0 Å². The fraction of sp³-hybridized carbons (Fsp3) is 0.500. The van der Waals surface area contributed by atoms with Crippen molar-refractivity contribution in [2.75, 3.05) is 18.8 Å². The van der Waals surface area contributed by atoms with Crippen LogP contribution in [0.5, 0.6) is 0 Å². The van der Waals surface area contributed by atoms with E-state index in [0.717, 1.165) is 0 Å². The number of carbonyl (C=O) groups is 1. The topological polar surface area (TPSA) is 55.1 Å². The molecule has 0 aromatic heterocycles. The van der Waals surface area contributed by atoms with Gasteiger partial charge in [0.15, 0.2) is 0 Å². The zero-order valence-electron chi connectivity index (χ0n) is 11.1. The molecule has 0 saturated heterocycles. The molecule has 0 aliphatic carbocycles. The fourth-order valence-corrected chi connectivity index (χ4v) is 2.18. The van der Waals surface area contributed by atoms with E-state index in [2.05, 4.69) is 24.4 Å². The molecule has 100 valence electrons. The van der Waals surface area contributed by atoms with Crippen molar-refractivity contribution >= 4 is 17.7 Å². The Balaban J connectivity index is 2.26. The van der Waals surface area contributed by atoms with Gasteiger partial charge in [-0.05, 0) is 11.5 Å². The summed E-state index contributed by atoms with van der Waals surface area (Å²) in [6, 6.07) is 10.2. The smallest absolute Gasteiger partial charge is 0.230 e. The van der Waals surface area contributed by atoms with Crippen LogP contribution in [0.3, 0.4) is 0 Å². The van der Waals surface area contributed by atoms with Gasteiger partial charge in [-0.1, -0.05) is 44.2 Å². The molecule has 1 aromatic carbocycles. The second-order valence-electron chi connectivity index (χ2n) is 4.47. The van der Waals surface area contributed by atoms with Crippen molar-refractivity contribution in [3.05, 3.63) is 35.9 Å². The molecule has 0 saturated carbocycles. The van der Waals surface area contributed by atoms with Crippen molar-refractivity contribution in [2.24, 2.45) is 5.73 Å². The summed E-state index contributed by atoms with van der Waals surface area (Å²) < 4.78 is 0. The molecule has 0 heterocycles. The molecule has 4 heteroatoms. The van der Waals surface area contributed by atoms with Crippen LogP contribution in [0.15, 0.2) is 30.3 Å². The Bertz CT molecular complexity index is 356. The lowest BCUT2D eigenvalue weighted by molar-refractivity contribution is -0.118. The minimum Gasteiger partial charge on any atom is -0.355 e. The van der Waals surface area contributed by atoms with Crippen LogP contribution in [0.1, 0.15) is 25.3 Å². The van der Waals surface area contributed by atoms with E-state index in [9.17, 15) is 4.79 Å². The number of nitrogens with one attached hydrogen (secondary N) is 1. The fourth-order valence-electron chi connectivity index (χ4n) is 1.50. The Hall–Kier alpha value is -1.00. The van der Waals surface area contributed by atoms with Gasteiger partial charge in [0.05, 0.1) is 5.75 Å². The minimum atomic E-state index is 0.0862. The van der Waals surface area contributed by atoms with Gasteiger partial charge >= 0.3 is 0 Å². The first-order valence-electron chi connectivity index (χ1n) is 6.26. The maximum atomic E-state index is 11.6. The van der Waals surface area contributed by atoms with Gasteiger partial charge in [0.2, 0.25) is 5.91 Å². The van der Waals surface area contributed by atoms with Gasteiger partial charge in [-0.2, -0.15) is 0 Å². The molecule has 3 N–H and O–H groups in total. The highest BCUT2D eigenvalue weighted by Gasteiger charge is 2.08. The molecule has 18 heavy (non-hydrogen) atoms. The van der Waals surface area contributed by atoms with Crippen LogP contribution in [-0.2, 0) is 4.79 Å². The van der Waals surface area contributed by atoms with Crippen LogP contribution >= 0.6 is 11.8 Å². The van der Waals surface area contributed by atoms with Crippen LogP contribution in [0.2, 0.25) is 0 Å². The van der Waals surface area contributed by atoms with E-state index in [1.54, 1.807) is 11.8 Å². The summed E-state index contributed by atoms with van der Waals surface area (Å²) in [5.41, 5.74) is 6.75. The number of rotatable bonds is 7. The molecular weight excluding hydrogens is 244 g/mol. The average Bonchev–Trinajstić information content (AvgIpc) is 2.42. The maximum absolute atomic E-state index is 11.6. The van der Waals surface area contributed by atoms with E-state index in [-0.39, 0.29) is 5.91 Å². The second kappa shape index (κ2) is 8.16. The van der Waals surface area contributed by atoms with E-state index >= 15 is 0 Å². The first-order chi connectivity index (χ1) is 8.63. The Morgan fingerprint density at radius 1 is 1.33 bits per heavy atom. The number of thioether (sulfide) groups is 1. The molecule has 3 nitrogen and oxygen atoms in total. The number of hydrogen-bond acceptors (Lipinski definition) is 3. The molecule has 0 aliphatic rings. The Morgan fingerprint density at radius 3 is 2.61 bits per heavy atom. The molecule has 1 aromatic rings. The monoisotopic (exact) mass is 266 g/mol. The SMILES string of the molecule is CC(CN)SCC(=O)NCC(C)c1ccccc1. The number of hydrogen-bond donors (Lipinski definition) is 2. The van der Waals surface area contributed by atoms with Crippen LogP contribution < -0.4 is 11.1 Å². The van der Waals surface area contributed by atoms with E-state index < -0.39 is 0 Å². The molecule has 0 bridgehead atoms. The maximum Gasteiger partial charge on any atom is 0.230 e. The van der Waals surface area contributed by atoms with Crippen molar-refractivity contribution < 1.29 is 4.79 Å². The van der Waals surface area contributed by atoms with Crippen LogP contribution in [0.25, 0.3) is 0 Å². The van der Waals surface area contributed by atoms with Gasteiger partial charge < -0.3 is 11.1 Å². The van der Waals surface area contributed by atoms with E-state index in [0.29, 0.717) is 30.0 Å². The normalized spacial score (nSPS) is 13.9. The Labute approximate surface area is 114 Å². The summed E-state index contributed by atoms with van der Waals surface area (Å²) >= 11 is 1.59. The molecule has 1 amide bonds. The van der Waals surface area contributed by atoms with E-state index in [1.807, 2.05) is 25.1 Å². The summed E-state index contributed by atoms with van der Waals surface area (Å²) in [7, 11) is 0. The Morgan fingerprint density at radius 2 is 2.00 bits per heavy atom. The van der Waals surface area contributed by atoms with Crippen LogP contribution in [-0.4, -0.2) is 30.0 Å². The third-order valence-electron chi connectivity index (χ3n) is 2.80. The Kier molecular flexibility index (Phi) is 6.83. The van der Waals surface area contributed by atoms with E-state index in [4.69, 9.17) is 5.73 Å². The lowest BCUT2D eigenvalue weighted by Gasteiger charge is -2.13. The van der Waals surface area contributed by atoms with Crippen LogP contribution in [0, 0.1) is 0 Å². The molecule has 0 radical (unpaired) electrons. The number of nitrogens with two attached hydrogens (primary N) is 1. The number of amides is 1. The average molecular weight is 266 g/mol. The lowest BCUT2D eigenvalue weighted by Crippen LogP contribution is -2.30. The number of carbonyl (C=O) groups excluding carboxylic acids is 1. The second-order valence-corrected chi connectivity index (χ2v) is 5.90. The molecule has 0 aliphatic heterocycles. The predicted molar refractivity (Wildman–Crippen MR) is 78.8 cm³/mol. The molecule has 0 fully saturated rings. The van der Waals surface area contributed by atoms with Gasteiger partial charge in [-0.3, -0.25) is 4.79 Å². The van der Waals surface area contributed by atoms with Crippen molar-refractivity contribution in [2.45, 2.75) is 25.0 Å². The quantitative estimate of drug-likeness (QED) is 0.793. The van der Waals surface area contributed by atoms with Crippen molar-refractivity contribution in [1.29, 1.82) is 0 Å².